The second-order valence-electron chi connectivity index (χ2n) is 21.3. The molecule has 0 radical (unpaired) electrons. The third-order valence-electron chi connectivity index (χ3n) is 17.6. The normalized spacial score (nSPS) is 37.8. The van der Waals surface area contributed by atoms with Crippen LogP contribution in [0.5, 0.6) is 0 Å². The number of fused-ring (bicyclic) bond motifs is 12. The Bertz CT molecular complexity index is 2680. The van der Waals surface area contributed by atoms with E-state index in [-0.39, 0.29) is 30.8 Å². The average Bonchev–Trinajstić information content (AvgIpc) is 4.21. The highest BCUT2D eigenvalue weighted by Crippen LogP contribution is 2.53. The molecule has 79 heavy (non-hydrogen) atoms. The number of hydrogen-bond donors (Lipinski definition) is 12. The van der Waals surface area contributed by atoms with Crippen molar-refractivity contribution in [1.82, 2.24) is 19.8 Å². The van der Waals surface area contributed by atoms with Crippen molar-refractivity contribution in [2.45, 2.75) is 124 Å². The highest BCUT2D eigenvalue weighted by Gasteiger charge is 2.58. The fraction of sp³-hybridized carbons (Fsp3) is 0.593. The van der Waals surface area contributed by atoms with Crippen molar-refractivity contribution in [3.63, 3.8) is 0 Å². The molecule has 0 unspecified atom stereocenters. The fourth-order valence-electron chi connectivity index (χ4n) is 13.8. The molecule has 20 atom stereocenters. The van der Waals surface area contributed by atoms with Gasteiger partial charge in [-0.1, -0.05) is 36.4 Å². The van der Waals surface area contributed by atoms with Gasteiger partial charge in [0.05, 0.1) is 76.4 Å². The van der Waals surface area contributed by atoms with Gasteiger partial charge in [0.2, 0.25) is 12.6 Å². The molecule has 8 aliphatic rings. The van der Waals surface area contributed by atoms with E-state index < -0.39 is 135 Å². The van der Waals surface area contributed by atoms with Crippen LogP contribution >= 0.6 is 0 Å². The summed E-state index contributed by atoms with van der Waals surface area (Å²) >= 11 is 0. The molecule has 2 aromatic carbocycles. The summed E-state index contributed by atoms with van der Waals surface area (Å²) in [5, 5.41) is 105. The standard InChI is InChI=1S/2C27H34N2O10.H2O/c2*1-36-25(35)15-11-37-26(39-27-24(34)23(33)22(32)19(10-31)38-27)20-14(15)8-17-21-13(6-7-29(17)18(20)9-30)12-4-2-3-5-16(12)28-21;/h2*2-5,11,14,17-20,22-24,26-28,30-34H,6-10H2,1H3;1H2/t2*14-,17+,18+,19-,20+,22-,23+,24-,26+,27+;/m11./s1. The van der Waals surface area contributed by atoms with Crippen molar-refractivity contribution in [1.29, 1.82) is 0 Å². The quantitative estimate of drug-likeness (QED) is 0.0747. The topological polar surface area (TPSA) is 380 Å². The molecule has 10 heterocycles. The number of carbonyl (C=O) groups is 2. The van der Waals surface area contributed by atoms with Crippen LogP contribution in [0.15, 0.2) is 72.2 Å². The van der Waals surface area contributed by atoms with Gasteiger partial charge < -0.3 is 104 Å². The van der Waals surface area contributed by atoms with Crippen LogP contribution in [0.25, 0.3) is 21.8 Å². The molecule has 0 aliphatic carbocycles. The second kappa shape index (κ2) is 23.4. The first-order valence-electron chi connectivity index (χ1n) is 26.5. The molecule has 12 rings (SSSR count). The van der Waals surface area contributed by atoms with E-state index in [2.05, 4.69) is 31.9 Å². The SMILES string of the molecule is COC(=O)C1=CO[C@@H](O[C@@H]2O[C@H](CO)[C@@H](O)[C@H](O)[C@H]2O)[C@H]2[C@@H]1C[C@H]1c3[nH]c4ccccc4c3CCN1[C@H]2CO.COC(=O)C1=CO[C@@H](O[C@@H]2O[C@H](CO)[C@@H](O)[C@H](O)[C@H]2O)[C@H]2[C@@H]1C[C@H]1c3[nH]c4ccccc4c3CCN1[C@H]2CO.O. The Balaban J connectivity index is 0.000000176. The van der Waals surface area contributed by atoms with Crippen LogP contribution in [0.2, 0.25) is 0 Å². The lowest BCUT2D eigenvalue weighted by Crippen LogP contribution is -2.63. The van der Waals surface area contributed by atoms with Crippen LogP contribution in [-0.2, 0) is 60.3 Å². The van der Waals surface area contributed by atoms with Crippen molar-refractivity contribution in [2.75, 3.05) is 53.7 Å². The molecule has 8 aliphatic heterocycles. The van der Waals surface area contributed by atoms with Gasteiger partial charge in [0.15, 0.2) is 12.6 Å². The number of hydrogen-bond acceptors (Lipinski definition) is 22. The minimum atomic E-state index is -1.62. The second-order valence-corrected chi connectivity index (χ2v) is 21.3. The van der Waals surface area contributed by atoms with Gasteiger partial charge in [0, 0.05) is 82.0 Å². The van der Waals surface area contributed by atoms with Gasteiger partial charge in [-0.25, -0.2) is 9.59 Å². The number of carbonyl (C=O) groups excluding carboxylic acids is 2. The Morgan fingerprint density at radius 1 is 0.557 bits per heavy atom. The van der Waals surface area contributed by atoms with Gasteiger partial charge in [-0.15, -0.1) is 0 Å². The van der Waals surface area contributed by atoms with E-state index in [9.17, 15) is 60.7 Å². The number of aliphatic hydroxyl groups is 10. The molecule has 0 bridgehead atoms. The first-order valence-corrected chi connectivity index (χ1v) is 26.5. The predicted octanol–water partition coefficient (Wildman–Crippen LogP) is -2.24. The number of piperidine rings is 2. The Morgan fingerprint density at radius 2 is 0.949 bits per heavy atom. The number of esters is 2. The third-order valence-corrected chi connectivity index (χ3v) is 17.6. The summed E-state index contributed by atoms with van der Waals surface area (Å²) in [6.07, 6.45) is -11.7. The largest absolute Gasteiger partial charge is 0.471 e. The first kappa shape index (κ1) is 57.1. The highest BCUT2D eigenvalue weighted by atomic mass is 16.8. The van der Waals surface area contributed by atoms with Crippen molar-refractivity contribution in [3.05, 3.63) is 94.7 Å². The van der Waals surface area contributed by atoms with E-state index in [1.165, 1.54) is 37.9 Å². The molecule has 4 saturated heterocycles. The summed E-state index contributed by atoms with van der Waals surface area (Å²) < 4.78 is 45.0. The number of aromatic nitrogens is 2. The van der Waals surface area contributed by atoms with E-state index in [1.54, 1.807) is 0 Å². The van der Waals surface area contributed by atoms with Gasteiger partial charge in [-0.3, -0.25) is 9.80 Å². The molecule has 2 aromatic heterocycles. The lowest BCUT2D eigenvalue weighted by atomic mass is 9.70. The van der Waals surface area contributed by atoms with Crippen molar-refractivity contribution in [3.8, 4) is 0 Å². The zero-order chi connectivity index (χ0) is 54.8. The molecule has 25 nitrogen and oxygen atoms in total. The number of para-hydroxylation sites is 2. The monoisotopic (exact) mass is 1110 g/mol. The summed E-state index contributed by atoms with van der Waals surface area (Å²) in [6.45, 7) is -0.373. The summed E-state index contributed by atoms with van der Waals surface area (Å²) in [6, 6.07) is 15.0. The van der Waals surface area contributed by atoms with Crippen molar-refractivity contribution in [2.24, 2.45) is 23.7 Å². The molecule has 0 spiro atoms. The lowest BCUT2D eigenvalue weighted by Gasteiger charge is -2.54. The van der Waals surface area contributed by atoms with Crippen LogP contribution in [0.4, 0.5) is 0 Å². The van der Waals surface area contributed by atoms with E-state index in [4.69, 9.17) is 37.9 Å². The van der Waals surface area contributed by atoms with E-state index in [0.29, 0.717) is 37.1 Å². The Morgan fingerprint density at radius 3 is 1.32 bits per heavy atom. The maximum Gasteiger partial charge on any atom is 0.337 e. The number of aromatic amines is 2. The number of aliphatic hydroxyl groups excluding tert-OH is 10. The molecule has 0 saturated carbocycles. The number of ether oxygens (including phenoxy) is 8. The predicted molar refractivity (Wildman–Crippen MR) is 271 cm³/mol. The van der Waals surface area contributed by atoms with Gasteiger partial charge in [0.25, 0.3) is 0 Å². The molecular formula is C54H70N4O21. The van der Waals surface area contributed by atoms with Gasteiger partial charge in [-0.2, -0.15) is 0 Å². The summed E-state index contributed by atoms with van der Waals surface area (Å²) in [5.74, 6) is -3.09. The highest BCUT2D eigenvalue weighted by molar-refractivity contribution is 5.90. The Kier molecular flexibility index (Phi) is 16.9. The van der Waals surface area contributed by atoms with Gasteiger partial charge in [0.1, 0.15) is 48.8 Å². The molecule has 432 valence electrons. The Labute approximate surface area is 452 Å². The fourth-order valence-corrected chi connectivity index (χ4v) is 13.8. The van der Waals surface area contributed by atoms with Crippen LogP contribution in [0.1, 0.15) is 47.4 Å². The first-order chi connectivity index (χ1) is 37.7. The van der Waals surface area contributed by atoms with E-state index >= 15 is 0 Å². The van der Waals surface area contributed by atoms with Crippen molar-refractivity contribution >= 4 is 33.7 Å². The molecule has 25 heteroatoms. The summed E-state index contributed by atoms with van der Waals surface area (Å²) in [4.78, 5) is 37.2. The van der Waals surface area contributed by atoms with Crippen molar-refractivity contribution < 1.29 is 104 Å². The van der Waals surface area contributed by atoms with Crippen LogP contribution in [0, 0.1) is 23.7 Å². The Hall–Kier alpha value is -5.14. The van der Waals surface area contributed by atoms with Crippen LogP contribution in [0.3, 0.4) is 0 Å². The third kappa shape index (κ3) is 9.84. The van der Waals surface area contributed by atoms with Crippen LogP contribution in [-0.4, -0.2) is 228 Å². The maximum atomic E-state index is 12.8. The molecular weight excluding hydrogens is 1040 g/mol. The number of nitrogens with zero attached hydrogens (tertiary/aromatic N) is 2. The number of benzene rings is 2. The number of nitrogens with one attached hydrogen (secondary N) is 2. The molecule has 4 aromatic rings. The maximum absolute atomic E-state index is 12.8. The summed E-state index contributed by atoms with van der Waals surface area (Å²) in [7, 11) is 2.59. The smallest absolute Gasteiger partial charge is 0.337 e. The zero-order valence-electron chi connectivity index (χ0n) is 43.3. The average molecular weight is 1110 g/mol. The lowest BCUT2D eigenvalue weighted by molar-refractivity contribution is -0.346. The number of H-pyrrole nitrogens is 2. The van der Waals surface area contributed by atoms with Crippen LogP contribution < -0.4 is 0 Å². The number of methoxy groups -OCH3 is 2. The molecule has 0 amide bonds. The molecule has 14 N–H and O–H groups in total. The van der Waals surface area contributed by atoms with Gasteiger partial charge >= 0.3 is 11.9 Å². The number of rotatable bonds is 10. The van der Waals surface area contributed by atoms with E-state index in [0.717, 1.165) is 46.0 Å². The zero-order valence-corrected chi connectivity index (χ0v) is 43.3. The minimum Gasteiger partial charge on any atom is -0.471 e. The molecule has 4 fully saturated rings. The summed E-state index contributed by atoms with van der Waals surface area (Å²) in [5.41, 5.74) is 7.27. The van der Waals surface area contributed by atoms with E-state index in [1.807, 2.05) is 36.4 Å². The van der Waals surface area contributed by atoms with Gasteiger partial charge in [-0.05, 0) is 48.9 Å². The minimum absolute atomic E-state index is 0.